The number of amides is 1. The molecule has 3 aromatic rings. The maximum absolute atomic E-state index is 12.6. The molecule has 0 fully saturated rings. The Kier molecular flexibility index (Phi) is 5.24. The van der Waals surface area contributed by atoms with Crippen molar-refractivity contribution in [3.05, 3.63) is 76.0 Å². The molecule has 0 atom stereocenters. The van der Waals surface area contributed by atoms with Crippen LogP contribution in [0.15, 0.2) is 54.6 Å². The number of nitro groups is 1. The fourth-order valence-corrected chi connectivity index (χ4v) is 3.56. The third kappa shape index (κ3) is 3.96. The zero-order valence-electron chi connectivity index (χ0n) is 15.8. The van der Waals surface area contributed by atoms with Crippen molar-refractivity contribution in [1.82, 2.24) is 9.78 Å². The zero-order valence-corrected chi connectivity index (χ0v) is 15.8. The normalized spacial score (nSPS) is 12.4. The standard InChI is InChI=1S/C21H21N5O3/c27-20(13-14-22-18-10-4-5-12-19(18)26(28)29)23-21-16-9-6-11-17(16)24-25(21)15-7-2-1-3-8-15/h1-5,7-8,10,12,22H,6,9,11,13-14H2,(H,23,27). The van der Waals surface area contributed by atoms with Gasteiger partial charge in [0.1, 0.15) is 11.5 Å². The molecule has 2 aromatic carbocycles. The van der Waals surface area contributed by atoms with E-state index < -0.39 is 4.92 Å². The molecule has 1 aromatic heterocycles. The van der Waals surface area contributed by atoms with Crippen LogP contribution in [0.25, 0.3) is 5.69 Å². The lowest BCUT2D eigenvalue weighted by Crippen LogP contribution is -2.19. The number of para-hydroxylation sites is 3. The summed E-state index contributed by atoms with van der Waals surface area (Å²) in [5, 5.41) is 21.8. The highest BCUT2D eigenvalue weighted by Crippen LogP contribution is 2.31. The summed E-state index contributed by atoms with van der Waals surface area (Å²) in [6.45, 7) is 0.290. The number of rotatable bonds is 7. The van der Waals surface area contributed by atoms with E-state index in [1.807, 2.05) is 30.3 Å². The number of aromatic nitrogens is 2. The molecule has 1 amide bonds. The average molecular weight is 391 g/mol. The Labute approximate surface area is 167 Å². The molecule has 0 bridgehead atoms. The van der Waals surface area contributed by atoms with Crippen molar-refractivity contribution in [2.45, 2.75) is 25.7 Å². The summed E-state index contributed by atoms with van der Waals surface area (Å²) in [4.78, 5) is 23.2. The second kappa shape index (κ2) is 8.14. The van der Waals surface area contributed by atoms with Gasteiger partial charge in [0.2, 0.25) is 5.91 Å². The minimum absolute atomic E-state index is 0.00659. The van der Waals surface area contributed by atoms with Gasteiger partial charge in [-0.15, -0.1) is 0 Å². The first-order chi connectivity index (χ1) is 14.1. The Morgan fingerprint density at radius 2 is 1.86 bits per heavy atom. The van der Waals surface area contributed by atoms with E-state index in [1.165, 1.54) is 6.07 Å². The lowest BCUT2D eigenvalue weighted by atomic mass is 10.2. The lowest BCUT2D eigenvalue weighted by molar-refractivity contribution is -0.384. The Bertz CT molecular complexity index is 1050. The monoisotopic (exact) mass is 391 g/mol. The Morgan fingerprint density at radius 3 is 2.66 bits per heavy atom. The molecule has 29 heavy (non-hydrogen) atoms. The highest BCUT2D eigenvalue weighted by atomic mass is 16.6. The largest absolute Gasteiger partial charge is 0.379 e. The fourth-order valence-electron chi connectivity index (χ4n) is 3.56. The molecular formula is C21H21N5O3. The second-order valence-corrected chi connectivity index (χ2v) is 6.87. The number of hydrogen-bond donors (Lipinski definition) is 2. The van der Waals surface area contributed by atoms with E-state index in [4.69, 9.17) is 0 Å². The molecule has 0 aliphatic heterocycles. The third-order valence-corrected chi connectivity index (χ3v) is 4.93. The molecule has 4 rings (SSSR count). The summed E-state index contributed by atoms with van der Waals surface area (Å²) < 4.78 is 1.79. The lowest BCUT2D eigenvalue weighted by Gasteiger charge is -2.12. The molecule has 1 aliphatic rings. The summed E-state index contributed by atoms with van der Waals surface area (Å²) in [7, 11) is 0. The van der Waals surface area contributed by atoms with Crippen LogP contribution in [0.4, 0.5) is 17.2 Å². The smallest absolute Gasteiger partial charge is 0.292 e. The van der Waals surface area contributed by atoms with Crippen molar-refractivity contribution in [1.29, 1.82) is 0 Å². The number of carbonyl (C=O) groups excluding carboxylic acids is 1. The quantitative estimate of drug-likeness (QED) is 0.472. The fraction of sp³-hybridized carbons (Fsp3) is 0.238. The van der Waals surface area contributed by atoms with Gasteiger partial charge in [-0.05, 0) is 37.5 Å². The number of benzene rings is 2. The number of nitro benzene ring substituents is 1. The third-order valence-electron chi connectivity index (χ3n) is 4.93. The number of hydrogen-bond acceptors (Lipinski definition) is 5. The van der Waals surface area contributed by atoms with Crippen LogP contribution >= 0.6 is 0 Å². The topological polar surface area (TPSA) is 102 Å². The van der Waals surface area contributed by atoms with Gasteiger partial charge in [-0.25, -0.2) is 4.68 Å². The van der Waals surface area contributed by atoms with Gasteiger partial charge in [0.05, 0.1) is 16.3 Å². The van der Waals surface area contributed by atoms with Crippen LogP contribution in [-0.4, -0.2) is 27.2 Å². The number of aryl methyl sites for hydroxylation is 1. The maximum atomic E-state index is 12.6. The van der Waals surface area contributed by atoms with Crippen LogP contribution < -0.4 is 10.6 Å². The van der Waals surface area contributed by atoms with E-state index in [-0.39, 0.29) is 18.0 Å². The van der Waals surface area contributed by atoms with Crippen molar-refractivity contribution in [2.75, 3.05) is 17.2 Å². The van der Waals surface area contributed by atoms with Gasteiger partial charge >= 0.3 is 0 Å². The first-order valence-corrected chi connectivity index (χ1v) is 9.57. The Morgan fingerprint density at radius 1 is 1.10 bits per heavy atom. The highest BCUT2D eigenvalue weighted by Gasteiger charge is 2.24. The molecule has 8 nitrogen and oxygen atoms in total. The van der Waals surface area contributed by atoms with E-state index >= 15 is 0 Å². The summed E-state index contributed by atoms with van der Waals surface area (Å²) in [6, 6.07) is 16.1. The van der Waals surface area contributed by atoms with Gasteiger partial charge in [0.25, 0.3) is 5.69 Å². The average Bonchev–Trinajstić information content (AvgIpc) is 3.31. The van der Waals surface area contributed by atoms with Gasteiger partial charge < -0.3 is 10.6 Å². The number of anilines is 2. The number of nitrogens with one attached hydrogen (secondary N) is 2. The van der Waals surface area contributed by atoms with Crippen LogP contribution in [0.5, 0.6) is 0 Å². The molecule has 0 unspecified atom stereocenters. The SMILES string of the molecule is O=C(CCNc1ccccc1[N+](=O)[O-])Nc1c2c(nn1-c1ccccc1)CCC2. The number of nitrogens with zero attached hydrogens (tertiary/aromatic N) is 3. The van der Waals surface area contributed by atoms with Gasteiger partial charge in [-0.2, -0.15) is 5.10 Å². The second-order valence-electron chi connectivity index (χ2n) is 6.87. The van der Waals surface area contributed by atoms with E-state index in [9.17, 15) is 14.9 Å². The molecule has 1 heterocycles. The molecule has 0 spiro atoms. The molecule has 0 saturated carbocycles. The van der Waals surface area contributed by atoms with Crippen molar-refractivity contribution >= 4 is 23.1 Å². The Balaban J connectivity index is 1.45. The molecule has 8 heteroatoms. The number of fused-ring (bicyclic) bond motifs is 1. The van der Waals surface area contributed by atoms with Crippen LogP contribution in [0, 0.1) is 10.1 Å². The minimum atomic E-state index is -0.440. The predicted molar refractivity (Wildman–Crippen MR) is 110 cm³/mol. The van der Waals surface area contributed by atoms with Gasteiger partial charge in [0, 0.05) is 24.6 Å². The predicted octanol–water partition coefficient (Wildman–Crippen LogP) is 3.71. The van der Waals surface area contributed by atoms with E-state index in [0.717, 1.165) is 42.0 Å². The Hall–Kier alpha value is -3.68. The van der Waals surface area contributed by atoms with Crippen molar-refractivity contribution in [3.63, 3.8) is 0 Å². The maximum Gasteiger partial charge on any atom is 0.292 e. The van der Waals surface area contributed by atoms with Gasteiger partial charge in [-0.1, -0.05) is 30.3 Å². The minimum Gasteiger partial charge on any atom is -0.379 e. The molecule has 0 radical (unpaired) electrons. The highest BCUT2D eigenvalue weighted by molar-refractivity contribution is 5.91. The van der Waals surface area contributed by atoms with E-state index in [1.54, 1.807) is 22.9 Å². The van der Waals surface area contributed by atoms with Crippen molar-refractivity contribution in [2.24, 2.45) is 0 Å². The van der Waals surface area contributed by atoms with Crippen LogP contribution in [0.2, 0.25) is 0 Å². The summed E-state index contributed by atoms with van der Waals surface area (Å²) in [6.07, 6.45) is 3.03. The van der Waals surface area contributed by atoms with Crippen molar-refractivity contribution in [3.8, 4) is 5.69 Å². The van der Waals surface area contributed by atoms with Gasteiger partial charge in [0.15, 0.2) is 0 Å². The molecule has 148 valence electrons. The summed E-state index contributed by atoms with van der Waals surface area (Å²) in [5.41, 5.74) is 3.42. The first-order valence-electron chi connectivity index (χ1n) is 9.57. The first kappa shape index (κ1) is 18.7. The van der Waals surface area contributed by atoms with Crippen molar-refractivity contribution < 1.29 is 9.72 Å². The van der Waals surface area contributed by atoms with Crippen LogP contribution in [-0.2, 0) is 17.6 Å². The summed E-state index contributed by atoms with van der Waals surface area (Å²) in [5.74, 6) is 0.558. The molecule has 2 N–H and O–H groups in total. The van der Waals surface area contributed by atoms with Crippen LogP contribution in [0.3, 0.4) is 0 Å². The molecular weight excluding hydrogens is 370 g/mol. The number of carbonyl (C=O) groups is 1. The van der Waals surface area contributed by atoms with E-state index in [2.05, 4.69) is 15.7 Å². The van der Waals surface area contributed by atoms with Gasteiger partial charge in [-0.3, -0.25) is 14.9 Å². The zero-order chi connectivity index (χ0) is 20.2. The molecule has 1 aliphatic carbocycles. The van der Waals surface area contributed by atoms with Crippen LogP contribution in [0.1, 0.15) is 24.1 Å². The van der Waals surface area contributed by atoms with E-state index in [0.29, 0.717) is 12.2 Å². The molecule has 0 saturated heterocycles. The summed E-state index contributed by atoms with van der Waals surface area (Å²) >= 11 is 0.